The minimum absolute atomic E-state index is 0.0884. The van der Waals surface area contributed by atoms with Crippen molar-refractivity contribution < 1.29 is 14.6 Å². The van der Waals surface area contributed by atoms with Crippen LogP contribution in [-0.2, 0) is 9.53 Å². The lowest BCUT2D eigenvalue weighted by atomic mass is 10.1. The molecule has 0 aromatic heterocycles. The maximum absolute atomic E-state index is 11.9. The first-order chi connectivity index (χ1) is 9.20. The topological polar surface area (TPSA) is 70.6 Å². The Labute approximate surface area is 113 Å². The van der Waals surface area contributed by atoms with E-state index in [0.717, 1.165) is 5.56 Å². The zero-order valence-corrected chi connectivity index (χ0v) is 11.0. The van der Waals surface area contributed by atoms with Crippen molar-refractivity contribution >= 4 is 5.91 Å². The van der Waals surface area contributed by atoms with Crippen LogP contribution < -0.4 is 10.6 Å². The molecule has 1 heterocycles. The number of rotatable bonds is 5. The molecule has 1 aliphatic heterocycles. The van der Waals surface area contributed by atoms with E-state index in [4.69, 9.17) is 4.74 Å². The number of ether oxygens (including phenoxy) is 1. The molecule has 2 rings (SSSR count). The van der Waals surface area contributed by atoms with Gasteiger partial charge in [0.05, 0.1) is 18.2 Å². The second-order valence-electron chi connectivity index (χ2n) is 4.73. The molecule has 0 saturated carbocycles. The molecule has 5 heteroatoms. The number of benzene rings is 1. The second-order valence-corrected chi connectivity index (χ2v) is 4.73. The lowest BCUT2D eigenvalue weighted by molar-refractivity contribution is -0.123. The van der Waals surface area contributed by atoms with Gasteiger partial charge in [-0.25, -0.2) is 0 Å². The third-order valence-electron chi connectivity index (χ3n) is 3.34. The molecule has 1 aromatic carbocycles. The van der Waals surface area contributed by atoms with Gasteiger partial charge in [-0.2, -0.15) is 0 Å². The zero-order valence-electron chi connectivity index (χ0n) is 11.0. The van der Waals surface area contributed by atoms with E-state index in [1.54, 1.807) is 7.11 Å². The van der Waals surface area contributed by atoms with Gasteiger partial charge in [0.2, 0.25) is 5.91 Å². The number of carbonyl (C=O) groups excluding carboxylic acids is 1. The molecule has 0 radical (unpaired) electrons. The normalized spacial score (nSPS) is 24.1. The summed E-state index contributed by atoms with van der Waals surface area (Å²) in [5, 5.41) is 15.2. The van der Waals surface area contributed by atoms with Crippen molar-refractivity contribution in [3.05, 3.63) is 35.9 Å². The SMILES string of the molecule is CO[C@H](CNC(=O)[C@H]1C[C@H](O)CN1)c1ccccc1. The van der Waals surface area contributed by atoms with E-state index in [-0.39, 0.29) is 18.1 Å². The van der Waals surface area contributed by atoms with Crippen LogP contribution in [0, 0.1) is 0 Å². The largest absolute Gasteiger partial charge is 0.392 e. The average Bonchev–Trinajstić information content (AvgIpc) is 2.87. The molecule has 0 bridgehead atoms. The van der Waals surface area contributed by atoms with Gasteiger partial charge in [0.1, 0.15) is 0 Å². The number of carbonyl (C=O) groups is 1. The summed E-state index contributed by atoms with van der Waals surface area (Å²) in [5.74, 6) is -0.0884. The molecule has 104 valence electrons. The number of hydrogen-bond acceptors (Lipinski definition) is 4. The lowest BCUT2D eigenvalue weighted by Crippen LogP contribution is -2.42. The van der Waals surface area contributed by atoms with E-state index in [1.807, 2.05) is 30.3 Å². The lowest BCUT2D eigenvalue weighted by Gasteiger charge is -2.18. The summed E-state index contributed by atoms with van der Waals surface area (Å²) in [6.07, 6.45) is -0.117. The Kier molecular flexibility index (Phi) is 4.90. The van der Waals surface area contributed by atoms with Crippen LogP contribution >= 0.6 is 0 Å². The first kappa shape index (κ1) is 14.0. The fourth-order valence-corrected chi connectivity index (χ4v) is 2.24. The van der Waals surface area contributed by atoms with Crippen molar-refractivity contribution in [2.75, 3.05) is 20.2 Å². The highest BCUT2D eigenvalue weighted by molar-refractivity contribution is 5.82. The monoisotopic (exact) mass is 264 g/mol. The van der Waals surface area contributed by atoms with E-state index in [0.29, 0.717) is 19.5 Å². The number of β-amino-alcohol motifs (C(OH)–C–C–N with tert-alkyl or cyclic N) is 1. The van der Waals surface area contributed by atoms with Crippen molar-refractivity contribution in [2.45, 2.75) is 24.7 Å². The van der Waals surface area contributed by atoms with Crippen LogP contribution in [0.2, 0.25) is 0 Å². The maximum Gasteiger partial charge on any atom is 0.237 e. The Bertz CT molecular complexity index is 410. The summed E-state index contributed by atoms with van der Waals surface area (Å²) in [5.41, 5.74) is 1.03. The number of nitrogens with one attached hydrogen (secondary N) is 2. The number of aliphatic hydroxyl groups is 1. The molecule has 0 aliphatic carbocycles. The average molecular weight is 264 g/mol. The van der Waals surface area contributed by atoms with E-state index >= 15 is 0 Å². The van der Waals surface area contributed by atoms with Crippen LogP contribution in [0.1, 0.15) is 18.1 Å². The quantitative estimate of drug-likeness (QED) is 0.711. The molecule has 3 atom stereocenters. The summed E-state index contributed by atoms with van der Waals surface area (Å²) in [4.78, 5) is 11.9. The summed E-state index contributed by atoms with van der Waals surface area (Å²) in [6, 6.07) is 9.47. The molecule has 1 fully saturated rings. The molecular weight excluding hydrogens is 244 g/mol. The van der Waals surface area contributed by atoms with Gasteiger partial charge in [0, 0.05) is 20.2 Å². The van der Waals surface area contributed by atoms with Crippen LogP contribution in [0.4, 0.5) is 0 Å². The molecule has 1 aromatic rings. The van der Waals surface area contributed by atoms with Gasteiger partial charge >= 0.3 is 0 Å². The molecule has 1 aliphatic rings. The van der Waals surface area contributed by atoms with Gasteiger partial charge in [-0.1, -0.05) is 30.3 Å². The fraction of sp³-hybridized carbons (Fsp3) is 0.500. The highest BCUT2D eigenvalue weighted by atomic mass is 16.5. The maximum atomic E-state index is 11.9. The van der Waals surface area contributed by atoms with Gasteiger partial charge in [0.15, 0.2) is 0 Å². The number of aliphatic hydroxyl groups excluding tert-OH is 1. The van der Waals surface area contributed by atoms with Crippen LogP contribution in [-0.4, -0.2) is 43.4 Å². The van der Waals surface area contributed by atoms with E-state index < -0.39 is 6.10 Å². The first-order valence-electron chi connectivity index (χ1n) is 6.47. The van der Waals surface area contributed by atoms with Crippen molar-refractivity contribution in [2.24, 2.45) is 0 Å². The highest BCUT2D eigenvalue weighted by Gasteiger charge is 2.28. The third kappa shape index (κ3) is 3.76. The predicted octanol–water partition coefficient (Wildman–Crippen LogP) is 0.213. The van der Waals surface area contributed by atoms with Gasteiger partial charge < -0.3 is 20.5 Å². The van der Waals surface area contributed by atoms with Crippen molar-refractivity contribution in [3.63, 3.8) is 0 Å². The van der Waals surface area contributed by atoms with Crippen molar-refractivity contribution in [1.29, 1.82) is 0 Å². The molecule has 1 saturated heterocycles. The minimum Gasteiger partial charge on any atom is -0.392 e. The molecule has 0 unspecified atom stereocenters. The second kappa shape index (κ2) is 6.65. The Morgan fingerprint density at radius 3 is 2.84 bits per heavy atom. The van der Waals surface area contributed by atoms with Crippen molar-refractivity contribution in [3.8, 4) is 0 Å². The fourth-order valence-electron chi connectivity index (χ4n) is 2.24. The highest BCUT2D eigenvalue weighted by Crippen LogP contribution is 2.15. The molecular formula is C14H20N2O3. The summed E-state index contributed by atoms with van der Waals surface area (Å²) in [7, 11) is 1.63. The van der Waals surface area contributed by atoms with Crippen molar-refractivity contribution in [1.82, 2.24) is 10.6 Å². The van der Waals surface area contributed by atoms with Crippen LogP contribution in [0.15, 0.2) is 30.3 Å². The Balaban J connectivity index is 1.85. The molecule has 19 heavy (non-hydrogen) atoms. The predicted molar refractivity (Wildman–Crippen MR) is 71.6 cm³/mol. The third-order valence-corrected chi connectivity index (χ3v) is 3.34. The van der Waals surface area contributed by atoms with Crippen LogP contribution in [0.25, 0.3) is 0 Å². The summed E-state index contributed by atoms with van der Waals surface area (Å²) in [6.45, 7) is 0.901. The summed E-state index contributed by atoms with van der Waals surface area (Å²) < 4.78 is 5.39. The van der Waals surface area contributed by atoms with Gasteiger partial charge in [0.25, 0.3) is 0 Å². The zero-order chi connectivity index (χ0) is 13.7. The van der Waals surface area contributed by atoms with E-state index in [9.17, 15) is 9.90 Å². The number of methoxy groups -OCH3 is 1. The van der Waals surface area contributed by atoms with Gasteiger partial charge in [-0.05, 0) is 12.0 Å². The van der Waals surface area contributed by atoms with Gasteiger partial charge in [-0.15, -0.1) is 0 Å². The Morgan fingerprint density at radius 2 is 2.26 bits per heavy atom. The number of amides is 1. The van der Waals surface area contributed by atoms with Crippen LogP contribution in [0.5, 0.6) is 0 Å². The Morgan fingerprint density at radius 1 is 1.53 bits per heavy atom. The molecule has 3 N–H and O–H groups in total. The number of hydrogen-bond donors (Lipinski definition) is 3. The Hall–Kier alpha value is -1.43. The van der Waals surface area contributed by atoms with Gasteiger partial charge in [-0.3, -0.25) is 4.79 Å². The molecule has 5 nitrogen and oxygen atoms in total. The molecule has 1 amide bonds. The van der Waals surface area contributed by atoms with Crippen LogP contribution in [0.3, 0.4) is 0 Å². The standard InChI is InChI=1S/C14H20N2O3/c1-19-13(10-5-3-2-4-6-10)9-16-14(18)12-7-11(17)8-15-12/h2-6,11-13,15,17H,7-9H2,1H3,(H,16,18)/t11-,12+,13+/m0/s1. The minimum atomic E-state index is -0.428. The molecule has 0 spiro atoms. The smallest absolute Gasteiger partial charge is 0.237 e. The van der Waals surface area contributed by atoms with E-state index in [1.165, 1.54) is 0 Å². The van der Waals surface area contributed by atoms with E-state index in [2.05, 4.69) is 10.6 Å². The summed E-state index contributed by atoms with van der Waals surface area (Å²) >= 11 is 0. The first-order valence-corrected chi connectivity index (χ1v) is 6.47.